The Bertz CT molecular complexity index is 2030. The van der Waals surface area contributed by atoms with Crippen LogP contribution in [0.15, 0.2) is 122 Å². The second kappa shape index (κ2) is 21.7. The molecule has 2 heterocycles. The average Bonchev–Trinajstić information content (AvgIpc) is 3.79. The van der Waals surface area contributed by atoms with E-state index in [-0.39, 0.29) is 17.9 Å². The number of nitrogens with one attached hydrogen (secondary N) is 3. The molecule has 2 unspecified atom stereocenters. The lowest BCUT2D eigenvalue weighted by Crippen LogP contribution is -2.32. The van der Waals surface area contributed by atoms with Crippen molar-refractivity contribution in [2.75, 3.05) is 38.8 Å². The lowest BCUT2D eigenvalue weighted by molar-refractivity contribution is -0.120. The quantitative estimate of drug-likeness (QED) is 0.112. The summed E-state index contributed by atoms with van der Waals surface area (Å²) in [7, 11) is 7.53. The first-order valence-corrected chi connectivity index (χ1v) is 19.9. The first-order valence-electron chi connectivity index (χ1n) is 16.6. The van der Waals surface area contributed by atoms with E-state index in [1.807, 2.05) is 142 Å². The van der Waals surface area contributed by atoms with E-state index in [0.29, 0.717) is 23.1 Å². The summed E-state index contributed by atoms with van der Waals surface area (Å²) in [4.78, 5) is 37.3. The molecule has 2 aromatic heterocycles. The highest BCUT2D eigenvalue weighted by atomic mass is 79.9. The van der Waals surface area contributed by atoms with Crippen LogP contribution < -0.4 is 16.0 Å². The number of thiazole rings is 2. The maximum Gasteiger partial charge on any atom is 0.248 e. The zero-order valence-electron chi connectivity index (χ0n) is 29.7. The Morgan fingerprint density at radius 1 is 0.660 bits per heavy atom. The fraction of sp³-hybridized carbons (Fsp3) is 0.200. The summed E-state index contributed by atoms with van der Waals surface area (Å²) in [6, 6.07) is 34.4. The van der Waals surface area contributed by atoms with Crippen LogP contribution in [0.4, 0.5) is 10.3 Å². The maximum absolute atomic E-state index is 12.8. The summed E-state index contributed by atoms with van der Waals surface area (Å²) < 4.78 is 0. The Kier molecular flexibility index (Phi) is 17.1. The summed E-state index contributed by atoms with van der Waals surface area (Å²) in [5.41, 5.74) is 3.94. The van der Waals surface area contributed by atoms with E-state index in [9.17, 15) is 9.59 Å². The van der Waals surface area contributed by atoms with Gasteiger partial charge in [-0.15, -0.1) is 22.7 Å². The van der Waals surface area contributed by atoms with Crippen molar-refractivity contribution in [1.82, 2.24) is 20.2 Å². The molecule has 0 radical (unpaired) electrons. The molecule has 4 aromatic carbocycles. The number of halogens is 3. The van der Waals surface area contributed by atoms with Gasteiger partial charge in [-0.3, -0.25) is 14.5 Å². The minimum Gasteiger partial charge on any atom is -0.323 e. The molecule has 0 aliphatic carbocycles. The van der Waals surface area contributed by atoms with Crippen LogP contribution in [0.1, 0.15) is 42.9 Å². The molecule has 0 spiro atoms. The fourth-order valence-electron chi connectivity index (χ4n) is 4.99. The molecule has 0 aliphatic heterocycles. The first-order chi connectivity index (χ1) is 25.6. The van der Waals surface area contributed by atoms with Crippen molar-refractivity contribution in [3.8, 4) is 0 Å². The molecular weight excluding hydrogens is 811 g/mol. The number of anilines is 2. The van der Waals surface area contributed by atoms with Crippen LogP contribution >= 0.6 is 61.8 Å². The number of hydrogen-bond donors (Lipinski definition) is 3. The van der Waals surface area contributed by atoms with Gasteiger partial charge in [0.1, 0.15) is 10.9 Å². The topological polar surface area (TPSA) is 99.3 Å². The Morgan fingerprint density at radius 2 is 1.06 bits per heavy atom. The van der Waals surface area contributed by atoms with E-state index in [1.165, 1.54) is 22.7 Å². The van der Waals surface area contributed by atoms with E-state index in [2.05, 4.69) is 41.8 Å². The van der Waals surface area contributed by atoms with Crippen LogP contribution in [0.3, 0.4) is 0 Å². The smallest absolute Gasteiger partial charge is 0.248 e. The number of benzene rings is 4. The minimum absolute atomic E-state index is 0.0974. The standard InChI is InChI=1S/C20H20ClN3OS.C18H14BrClN2OS.C2H7N/c1-24(2)18(14-8-4-3-5-9-14)19(25)23-20-22-13-16(26-20)12-15-10-6-7-11-17(15)21;19-16(12-6-2-1-3-7-12)17(23)22-18-21-11-14(24-18)10-13-8-4-5-9-15(13)20;1-3-2/h3-11,13,18H,12H2,1-2H3,(H,22,23,25);1-9,11,16H,10H2,(H,21,22,23);3H,1-2H3. The second-order valence-electron chi connectivity index (χ2n) is 11.8. The molecule has 6 aromatic rings. The number of amides is 2. The number of aromatic nitrogens is 2. The summed E-state index contributed by atoms with van der Waals surface area (Å²) >= 11 is 18.8. The number of rotatable bonds is 11. The monoisotopic (exact) mass is 850 g/mol. The van der Waals surface area contributed by atoms with E-state index in [4.69, 9.17) is 23.2 Å². The number of carbonyl (C=O) groups is 2. The first kappa shape index (κ1) is 41.8. The Balaban J connectivity index is 0.000000221. The number of nitrogens with zero attached hydrogens (tertiary/aromatic N) is 3. The highest BCUT2D eigenvalue weighted by molar-refractivity contribution is 9.09. The highest BCUT2D eigenvalue weighted by Gasteiger charge is 2.24. The lowest BCUT2D eigenvalue weighted by Gasteiger charge is -2.23. The Hall–Kier alpha value is -3.94. The summed E-state index contributed by atoms with van der Waals surface area (Å²) in [5.74, 6) is -0.236. The van der Waals surface area contributed by atoms with Crippen LogP contribution in [-0.4, -0.2) is 54.9 Å². The Labute approximate surface area is 337 Å². The second-order valence-corrected chi connectivity index (χ2v) is 15.8. The maximum atomic E-state index is 12.8. The SMILES string of the molecule is CN(C)C(C(=O)Nc1ncc(Cc2ccccc2Cl)s1)c1ccccc1.CNC.O=C(Nc1ncc(Cc2ccccc2Cl)s1)C(Br)c1ccccc1. The summed E-state index contributed by atoms with van der Waals surface area (Å²) in [5, 5.41) is 11.2. The predicted octanol–water partition coefficient (Wildman–Crippen LogP) is 9.93. The van der Waals surface area contributed by atoms with Crippen molar-refractivity contribution in [1.29, 1.82) is 0 Å². The van der Waals surface area contributed by atoms with Crippen LogP contribution in [0.25, 0.3) is 0 Å². The van der Waals surface area contributed by atoms with Gasteiger partial charge in [0.05, 0.1) is 0 Å². The molecule has 2 atom stereocenters. The normalized spacial score (nSPS) is 11.7. The van der Waals surface area contributed by atoms with Crippen LogP contribution in [0.2, 0.25) is 10.0 Å². The predicted molar refractivity (Wildman–Crippen MR) is 226 cm³/mol. The molecular formula is C40H41BrCl2N6O2S2. The third-order valence-corrected chi connectivity index (χ3v) is 10.9. The molecule has 53 heavy (non-hydrogen) atoms. The third kappa shape index (κ3) is 13.1. The Morgan fingerprint density at radius 3 is 1.49 bits per heavy atom. The average molecular weight is 853 g/mol. The third-order valence-electron chi connectivity index (χ3n) is 7.41. The van der Waals surface area contributed by atoms with Crippen LogP contribution in [0.5, 0.6) is 0 Å². The van der Waals surface area contributed by atoms with Gasteiger partial charge in [-0.2, -0.15) is 0 Å². The molecule has 0 saturated carbocycles. The molecule has 276 valence electrons. The van der Waals surface area contributed by atoms with E-state index >= 15 is 0 Å². The number of likely N-dealkylation sites (N-methyl/N-ethyl adjacent to an activating group) is 1. The number of alkyl halides is 1. The molecule has 13 heteroatoms. The molecule has 3 N–H and O–H groups in total. The minimum atomic E-state index is -0.408. The molecule has 0 saturated heterocycles. The van der Waals surface area contributed by atoms with Gasteiger partial charge in [-0.1, -0.05) is 136 Å². The molecule has 6 rings (SSSR count). The largest absolute Gasteiger partial charge is 0.323 e. The van der Waals surface area contributed by atoms with Gasteiger partial charge in [0.2, 0.25) is 11.8 Å². The van der Waals surface area contributed by atoms with E-state index in [1.54, 1.807) is 12.4 Å². The number of carbonyl (C=O) groups excluding carboxylic acids is 2. The van der Waals surface area contributed by atoms with Crippen molar-refractivity contribution in [2.24, 2.45) is 0 Å². The zero-order valence-corrected chi connectivity index (χ0v) is 34.5. The van der Waals surface area contributed by atoms with Gasteiger partial charge < -0.3 is 16.0 Å². The highest BCUT2D eigenvalue weighted by Crippen LogP contribution is 2.29. The zero-order chi connectivity index (χ0) is 38.2. The van der Waals surface area contributed by atoms with Crippen molar-refractivity contribution >= 4 is 83.9 Å². The van der Waals surface area contributed by atoms with Crippen molar-refractivity contribution in [2.45, 2.75) is 23.7 Å². The summed E-state index contributed by atoms with van der Waals surface area (Å²) in [6.45, 7) is 0. The molecule has 0 bridgehead atoms. The molecule has 0 fully saturated rings. The van der Waals surface area contributed by atoms with Crippen molar-refractivity contribution in [3.05, 3.63) is 164 Å². The molecule has 2 amide bonds. The van der Waals surface area contributed by atoms with Crippen LogP contribution in [0, 0.1) is 0 Å². The molecule has 8 nitrogen and oxygen atoms in total. The van der Waals surface area contributed by atoms with Gasteiger partial charge in [0.15, 0.2) is 10.3 Å². The van der Waals surface area contributed by atoms with Gasteiger partial charge >= 0.3 is 0 Å². The van der Waals surface area contributed by atoms with E-state index in [0.717, 1.165) is 42.1 Å². The van der Waals surface area contributed by atoms with Crippen molar-refractivity contribution < 1.29 is 9.59 Å². The van der Waals surface area contributed by atoms with Gasteiger partial charge in [-0.05, 0) is 62.6 Å². The lowest BCUT2D eigenvalue weighted by atomic mass is 10.1. The fourth-order valence-corrected chi connectivity index (χ4v) is 7.49. The van der Waals surface area contributed by atoms with Gasteiger partial charge in [0.25, 0.3) is 0 Å². The van der Waals surface area contributed by atoms with Crippen molar-refractivity contribution in [3.63, 3.8) is 0 Å². The van der Waals surface area contributed by atoms with Gasteiger partial charge in [0, 0.05) is 45.0 Å². The van der Waals surface area contributed by atoms with E-state index < -0.39 is 4.83 Å². The molecule has 0 aliphatic rings. The number of hydrogen-bond acceptors (Lipinski definition) is 8. The van der Waals surface area contributed by atoms with Crippen LogP contribution in [-0.2, 0) is 22.4 Å². The van der Waals surface area contributed by atoms with Gasteiger partial charge in [-0.25, -0.2) is 9.97 Å². The summed E-state index contributed by atoms with van der Waals surface area (Å²) in [6.07, 6.45) is 4.96.